The highest BCUT2D eigenvalue weighted by molar-refractivity contribution is 7.77. The molecule has 36 heavy (non-hydrogen) atoms. The minimum atomic E-state index is -1.08. The second-order valence-electron chi connectivity index (χ2n) is 9.04. The van der Waals surface area contributed by atoms with Crippen molar-refractivity contribution in [1.29, 1.82) is 0 Å². The molecule has 0 aliphatic carbocycles. The van der Waals surface area contributed by atoms with Crippen LogP contribution in [0.5, 0.6) is 0 Å². The summed E-state index contributed by atoms with van der Waals surface area (Å²) in [5.74, 6) is 0. The Bertz CT molecular complexity index is 1110. The maximum Gasteiger partial charge on any atom is -0.0195 e. The summed E-state index contributed by atoms with van der Waals surface area (Å²) < 4.78 is 0. The second-order valence-corrected chi connectivity index (χ2v) is 16.9. The molecule has 186 valence electrons. The molecular weight excluding hydrogens is 510 g/mol. The van der Waals surface area contributed by atoms with E-state index in [4.69, 9.17) is 11.1 Å². The van der Waals surface area contributed by atoms with Gasteiger partial charge < -0.3 is 11.1 Å². The summed E-state index contributed by atoms with van der Waals surface area (Å²) in [6, 6.07) is 43.7. The summed E-state index contributed by atoms with van der Waals surface area (Å²) in [4.78, 5) is 0. The molecule has 1 unspecified atom stereocenters. The molecule has 0 saturated heterocycles. The van der Waals surface area contributed by atoms with Gasteiger partial charge in [-0.15, -0.1) is 0 Å². The quantitative estimate of drug-likeness (QED) is 0.0717. The molecule has 0 aliphatic heterocycles. The van der Waals surface area contributed by atoms with Gasteiger partial charge in [0.15, 0.2) is 0 Å². The zero-order valence-electron chi connectivity index (χ0n) is 21.2. The first kappa shape index (κ1) is 27.3. The van der Waals surface area contributed by atoms with E-state index >= 15 is 0 Å². The van der Waals surface area contributed by atoms with Gasteiger partial charge in [-0.25, -0.2) is 0 Å². The van der Waals surface area contributed by atoms with Crippen molar-refractivity contribution in [3.63, 3.8) is 0 Å². The summed E-state index contributed by atoms with van der Waals surface area (Å²) in [6.07, 6.45) is 7.48. The number of unbranched alkanes of at least 4 members (excludes halogenated alkanes) is 3. The summed E-state index contributed by atoms with van der Waals surface area (Å²) in [5, 5.41) is 7.35. The Kier molecular flexibility index (Phi) is 11.3. The lowest BCUT2D eigenvalue weighted by atomic mass is 10.2. The molecule has 1 atom stereocenters. The number of benzene rings is 4. The number of halogens is 1. The smallest absolute Gasteiger partial charge is 0.0195 e. The zero-order chi connectivity index (χ0) is 25.0. The first-order valence-electron chi connectivity index (χ1n) is 13.1. The Hall–Kier alpha value is -1.75. The lowest BCUT2D eigenvalue weighted by Crippen LogP contribution is -2.38. The van der Waals surface area contributed by atoms with Crippen molar-refractivity contribution in [2.75, 3.05) is 12.3 Å². The van der Waals surface area contributed by atoms with E-state index in [0.717, 1.165) is 6.04 Å². The van der Waals surface area contributed by atoms with E-state index in [1.807, 2.05) is 0 Å². The monoisotopic (exact) mass is 545 g/mol. The first-order valence-corrected chi connectivity index (χ1v) is 18.9. The Morgan fingerprint density at radius 3 is 1.58 bits per heavy atom. The minimum Gasteiger partial charge on any atom is -0.361 e. The Morgan fingerprint density at radius 2 is 1.03 bits per heavy atom. The normalized spacial score (nSPS) is 12.0. The Labute approximate surface area is 227 Å². The SMILES string of the molecule is CCCCCC[Si-](Cl)c1ccccc1P(CCP(c1ccccc1)c1ccccc1)c1ccccc1. The predicted molar refractivity (Wildman–Crippen MR) is 168 cm³/mol. The molecule has 0 aliphatic rings. The van der Waals surface area contributed by atoms with Crippen molar-refractivity contribution in [2.45, 2.75) is 38.7 Å². The third-order valence-corrected chi connectivity index (χ3v) is 15.1. The van der Waals surface area contributed by atoms with Gasteiger partial charge in [0.05, 0.1) is 0 Å². The molecule has 0 radical (unpaired) electrons. The standard InChI is InChI=1S/C32H36ClP2Si/c1-2-3-4-16-27-36(33)32-24-15-14-23-31(32)35(30-21-12-7-13-22-30)26-25-34(28-17-8-5-9-18-28)29-19-10-6-11-20-29/h5-15,17-24H,2-4,16,25-27H2,1H3/q-1. The minimum absolute atomic E-state index is 0.411. The molecule has 4 rings (SSSR count). The van der Waals surface area contributed by atoms with Crippen molar-refractivity contribution in [3.05, 3.63) is 115 Å². The fourth-order valence-corrected chi connectivity index (χ4v) is 13.4. The van der Waals surface area contributed by atoms with Crippen LogP contribution in [-0.2, 0) is 0 Å². The molecule has 0 heterocycles. The third-order valence-electron chi connectivity index (χ3n) is 6.49. The predicted octanol–water partition coefficient (Wildman–Crippen LogP) is 7.27. The zero-order valence-corrected chi connectivity index (χ0v) is 24.7. The van der Waals surface area contributed by atoms with Crippen molar-refractivity contribution in [1.82, 2.24) is 0 Å². The van der Waals surface area contributed by atoms with Crippen molar-refractivity contribution in [2.24, 2.45) is 0 Å². The van der Waals surface area contributed by atoms with E-state index in [9.17, 15) is 0 Å². The van der Waals surface area contributed by atoms with E-state index in [1.54, 1.807) is 0 Å². The summed E-state index contributed by atoms with van der Waals surface area (Å²) in [7, 11) is -1.97. The number of rotatable bonds is 13. The number of hydrogen-bond acceptors (Lipinski definition) is 0. The van der Waals surface area contributed by atoms with Crippen molar-refractivity contribution < 1.29 is 0 Å². The molecule has 4 heteroatoms. The highest BCUT2D eigenvalue weighted by Crippen LogP contribution is 2.41. The summed E-state index contributed by atoms with van der Waals surface area (Å²) in [6.45, 7) is 2.27. The van der Waals surface area contributed by atoms with Crippen LogP contribution in [0.25, 0.3) is 0 Å². The van der Waals surface area contributed by atoms with Gasteiger partial charge >= 0.3 is 0 Å². The molecule has 4 aromatic carbocycles. The fraction of sp³-hybridized carbons (Fsp3) is 0.250. The van der Waals surface area contributed by atoms with Gasteiger partial charge in [0.2, 0.25) is 0 Å². The average Bonchev–Trinajstić information content (AvgIpc) is 2.95. The van der Waals surface area contributed by atoms with Crippen LogP contribution in [0, 0.1) is 0 Å². The molecule has 0 saturated carbocycles. The van der Waals surface area contributed by atoms with Crippen LogP contribution in [0.2, 0.25) is 6.04 Å². The van der Waals surface area contributed by atoms with Gasteiger partial charge in [0, 0.05) is 0 Å². The molecule has 0 N–H and O–H groups in total. The molecule has 0 bridgehead atoms. The van der Waals surface area contributed by atoms with Gasteiger partial charge in [-0.05, 0) is 49.4 Å². The maximum absolute atomic E-state index is 7.19. The fourth-order valence-electron chi connectivity index (χ4n) is 4.60. The van der Waals surface area contributed by atoms with Gasteiger partial charge in [0.25, 0.3) is 0 Å². The van der Waals surface area contributed by atoms with Crippen LogP contribution in [0.15, 0.2) is 115 Å². The Balaban J connectivity index is 1.63. The average molecular weight is 546 g/mol. The van der Waals surface area contributed by atoms with E-state index < -0.39 is 23.9 Å². The van der Waals surface area contributed by atoms with Gasteiger partial charge in [-0.3, -0.25) is 0 Å². The first-order chi connectivity index (χ1) is 17.8. The van der Waals surface area contributed by atoms with E-state index in [-0.39, 0.29) is 0 Å². The highest BCUT2D eigenvalue weighted by Gasteiger charge is 2.20. The molecule has 0 nitrogen and oxygen atoms in total. The van der Waals surface area contributed by atoms with Crippen molar-refractivity contribution >= 4 is 61.4 Å². The summed E-state index contributed by atoms with van der Waals surface area (Å²) >= 11 is 7.19. The molecule has 0 spiro atoms. The van der Waals surface area contributed by atoms with Crippen LogP contribution >= 0.6 is 26.9 Å². The van der Waals surface area contributed by atoms with Crippen LogP contribution < -0.4 is 26.4 Å². The van der Waals surface area contributed by atoms with Crippen LogP contribution in [0.1, 0.15) is 32.6 Å². The molecule has 0 fully saturated rings. The van der Waals surface area contributed by atoms with E-state index in [2.05, 4.69) is 122 Å². The largest absolute Gasteiger partial charge is 0.361 e. The molecule has 0 amide bonds. The highest BCUT2D eigenvalue weighted by atomic mass is 35.6. The van der Waals surface area contributed by atoms with Crippen LogP contribution in [0.4, 0.5) is 0 Å². The molecule has 4 aromatic rings. The van der Waals surface area contributed by atoms with Crippen molar-refractivity contribution in [3.8, 4) is 0 Å². The molecular formula is C32H36ClP2Si-. The van der Waals surface area contributed by atoms with E-state index in [0.29, 0.717) is 0 Å². The van der Waals surface area contributed by atoms with Gasteiger partial charge in [0.1, 0.15) is 0 Å². The second kappa shape index (κ2) is 14.9. The Morgan fingerprint density at radius 1 is 0.556 bits per heavy atom. The number of hydrogen-bond donors (Lipinski definition) is 0. The lowest BCUT2D eigenvalue weighted by molar-refractivity contribution is 0.700. The maximum atomic E-state index is 7.19. The lowest BCUT2D eigenvalue weighted by Gasteiger charge is -2.32. The third kappa shape index (κ3) is 7.63. The van der Waals surface area contributed by atoms with Crippen LogP contribution in [0.3, 0.4) is 0 Å². The van der Waals surface area contributed by atoms with E-state index in [1.165, 1.54) is 64.4 Å². The van der Waals surface area contributed by atoms with Gasteiger partial charge in [-0.1, -0.05) is 148 Å². The molecule has 0 aromatic heterocycles. The van der Waals surface area contributed by atoms with Gasteiger partial charge in [-0.2, -0.15) is 19.3 Å². The topological polar surface area (TPSA) is 0 Å². The summed E-state index contributed by atoms with van der Waals surface area (Å²) in [5.41, 5.74) is 0. The van der Waals surface area contributed by atoms with Crippen LogP contribution in [-0.4, -0.2) is 20.4 Å².